The van der Waals surface area contributed by atoms with Gasteiger partial charge in [-0.3, -0.25) is 10.1 Å². The molecule has 4 rings (SSSR count). The Kier molecular flexibility index (Phi) is 4.40. The van der Waals surface area contributed by atoms with E-state index in [0.29, 0.717) is 34.0 Å². The maximum Gasteiger partial charge on any atom is 0.275 e. The molecule has 1 aliphatic carbocycles. The number of ether oxygens (including phenoxy) is 1. The highest BCUT2D eigenvalue weighted by molar-refractivity contribution is 6.35. The number of anilines is 1. The van der Waals surface area contributed by atoms with Crippen molar-refractivity contribution in [2.75, 3.05) is 12.4 Å². The Balaban J connectivity index is 1.93. The highest BCUT2D eigenvalue weighted by atomic mass is 35.5. The number of allylic oxidation sites excluding steroid dienone is 2. The summed E-state index contributed by atoms with van der Waals surface area (Å²) in [5.74, 6) is 0.256. The molecule has 1 aliphatic heterocycles. The van der Waals surface area contributed by atoms with Gasteiger partial charge < -0.3 is 15.2 Å². The zero-order valence-electron chi connectivity index (χ0n) is 14.3. The fourth-order valence-corrected chi connectivity index (χ4v) is 4.63. The van der Waals surface area contributed by atoms with Crippen molar-refractivity contribution in [2.24, 2.45) is 5.92 Å². The molecule has 0 radical (unpaired) electrons. The first kappa shape index (κ1) is 17.9. The zero-order valence-corrected chi connectivity index (χ0v) is 15.8. The van der Waals surface area contributed by atoms with Crippen LogP contribution in [-0.4, -0.2) is 17.1 Å². The van der Waals surface area contributed by atoms with Gasteiger partial charge in [-0.2, -0.15) is 0 Å². The third kappa shape index (κ3) is 2.80. The molecule has 0 bridgehead atoms. The van der Waals surface area contributed by atoms with E-state index >= 15 is 0 Å². The number of fused-ring (bicyclic) bond motifs is 3. The molecule has 0 saturated carbocycles. The summed E-state index contributed by atoms with van der Waals surface area (Å²) in [7, 11) is 1.52. The SMILES string of the molecule is COc1ccc([N+](=O)[O-])c2c1NC(c1cc(Cl)cc(Cl)c1O)C1CC=CC21. The molecule has 3 unspecified atom stereocenters. The average molecular weight is 407 g/mol. The summed E-state index contributed by atoms with van der Waals surface area (Å²) < 4.78 is 5.43. The lowest BCUT2D eigenvalue weighted by Gasteiger charge is -2.38. The number of nitrogens with one attached hydrogen (secondary N) is 1. The molecular formula is C19H16Cl2N2O4. The summed E-state index contributed by atoms with van der Waals surface area (Å²) >= 11 is 12.3. The van der Waals surface area contributed by atoms with Gasteiger partial charge in [0.2, 0.25) is 0 Å². The van der Waals surface area contributed by atoms with Crippen LogP contribution in [0.5, 0.6) is 11.5 Å². The Morgan fingerprint density at radius 2 is 2.11 bits per heavy atom. The number of nitrogens with zero attached hydrogens (tertiary/aromatic N) is 1. The van der Waals surface area contributed by atoms with Crippen LogP contribution in [0.15, 0.2) is 36.4 Å². The highest BCUT2D eigenvalue weighted by Gasteiger charge is 2.43. The maximum atomic E-state index is 11.6. The van der Waals surface area contributed by atoms with Crippen molar-refractivity contribution in [3.05, 3.63) is 67.7 Å². The number of hydrogen-bond donors (Lipinski definition) is 2. The average Bonchev–Trinajstić information content (AvgIpc) is 3.12. The number of aromatic hydroxyl groups is 1. The van der Waals surface area contributed by atoms with Gasteiger partial charge in [0, 0.05) is 22.6 Å². The van der Waals surface area contributed by atoms with Crippen LogP contribution in [0.1, 0.15) is 29.5 Å². The molecule has 8 heteroatoms. The van der Waals surface area contributed by atoms with Crippen LogP contribution in [0.4, 0.5) is 11.4 Å². The standard InChI is InChI=1S/C19H16Cl2N2O4/c1-27-15-6-5-14(23(25)26)16-10-3-2-4-11(10)17(22-18(15)16)12-7-9(20)8-13(21)19(12)24/h2-3,5-8,10-11,17,22,24H,4H2,1H3. The second kappa shape index (κ2) is 6.62. The normalized spacial score (nSPS) is 22.7. The van der Waals surface area contributed by atoms with Crippen LogP contribution in [0.2, 0.25) is 10.0 Å². The third-order valence-electron chi connectivity index (χ3n) is 5.27. The predicted octanol–water partition coefficient (Wildman–Crippen LogP) is 5.44. The predicted molar refractivity (Wildman–Crippen MR) is 104 cm³/mol. The van der Waals surface area contributed by atoms with E-state index in [1.807, 2.05) is 12.2 Å². The van der Waals surface area contributed by atoms with E-state index in [1.54, 1.807) is 12.1 Å². The van der Waals surface area contributed by atoms with Crippen LogP contribution < -0.4 is 10.1 Å². The summed E-state index contributed by atoms with van der Waals surface area (Å²) in [5.41, 5.74) is 1.76. The number of methoxy groups -OCH3 is 1. The molecule has 6 nitrogen and oxygen atoms in total. The highest BCUT2D eigenvalue weighted by Crippen LogP contribution is 2.56. The first-order chi connectivity index (χ1) is 12.9. The molecule has 3 atom stereocenters. The molecule has 140 valence electrons. The largest absolute Gasteiger partial charge is 0.506 e. The Bertz CT molecular complexity index is 977. The number of hydrogen-bond acceptors (Lipinski definition) is 5. The minimum Gasteiger partial charge on any atom is -0.506 e. The van der Waals surface area contributed by atoms with E-state index in [1.165, 1.54) is 19.2 Å². The second-order valence-corrected chi connectivity index (χ2v) is 7.48. The number of nitro groups is 1. The number of nitro benzene ring substituents is 1. The van der Waals surface area contributed by atoms with Crippen molar-refractivity contribution in [3.8, 4) is 11.5 Å². The lowest BCUT2D eigenvalue weighted by molar-refractivity contribution is -0.385. The van der Waals surface area contributed by atoms with E-state index in [4.69, 9.17) is 27.9 Å². The molecule has 27 heavy (non-hydrogen) atoms. The monoisotopic (exact) mass is 406 g/mol. The van der Waals surface area contributed by atoms with E-state index in [2.05, 4.69) is 5.32 Å². The van der Waals surface area contributed by atoms with Crippen molar-refractivity contribution in [2.45, 2.75) is 18.4 Å². The van der Waals surface area contributed by atoms with Gasteiger partial charge in [-0.05, 0) is 30.5 Å². The van der Waals surface area contributed by atoms with Crippen LogP contribution in [0.3, 0.4) is 0 Å². The van der Waals surface area contributed by atoms with E-state index in [0.717, 1.165) is 0 Å². The van der Waals surface area contributed by atoms with E-state index < -0.39 is 0 Å². The molecule has 2 aromatic rings. The van der Waals surface area contributed by atoms with Gasteiger partial charge in [0.25, 0.3) is 5.69 Å². The van der Waals surface area contributed by atoms with Crippen LogP contribution in [0.25, 0.3) is 0 Å². The van der Waals surface area contributed by atoms with Gasteiger partial charge in [0.15, 0.2) is 0 Å². The van der Waals surface area contributed by atoms with Crippen molar-refractivity contribution in [1.29, 1.82) is 0 Å². The third-order valence-corrected chi connectivity index (χ3v) is 5.77. The first-order valence-electron chi connectivity index (χ1n) is 8.38. The second-order valence-electron chi connectivity index (χ2n) is 6.63. The molecule has 2 N–H and O–H groups in total. The van der Waals surface area contributed by atoms with Crippen LogP contribution >= 0.6 is 23.2 Å². The molecule has 2 aromatic carbocycles. The van der Waals surface area contributed by atoms with E-state index in [-0.39, 0.29) is 39.3 Å². The Morgan fingerprint density at radius 3 is 2.81 bits per heavy atom. The fourth-order valence-electron chi connectivity index (χ4n) is 4.12. The fraction of sp³-hybridized carbons (Fsp3) is 0.263. The summed E-state index contributed by atoms with van der Waals surface area (Å²) in [6, 6.07) is 5.87. The van der Waals surface area contributed by atoms with Crippen LogP contribution in [0, 0.1) is 16.0 Å². The van der Waals surface area contributed by atoms with Crippen molar-refractivity contribution in [3.63, 3.8) is 0 Å². The number of rotatable bonds is 3. The quantitative estimate of drug-likeness (QED) is 0.402. The minimum absolute atomic E-state index is 0.0243. The van der Waals surface area contributed by atoms with Gasteiger partial charge in [-0.1, -0.05) is 35.4 Å². The van der Waals surface area contributed by atoms with Gasteiger partial charge in [0.1, 0.15) is 11.5 Å². The molecule has 1 heterocycles. The van der Waals surface area contributed by atoms with Crippen molar-refractivity contribution < 1.29 is 14.8 Å². The Labute approximate surface area is 165 Å². The smallest absolute Gasteiger partial charge is 0.275 e. The van der Waals surface area contributed by atoms with Gasteiger partial charge >= 0.3 is 0 Å². The Hall–Kier alpha value is -2.44. The number of phenolic OH excluding ortho intramolecular Hbond substituents is 1. The lowest BCUT2D eigenvalue weighted by atomic mass is 9.76. The topological polar surface area (TPSA) is 84.6 Å². The molecule has 2 aliphatic rings. The summed E-state index contributed by atoms with van der Waals surface area (Å²) in [5, 5.41) is 26.0. The van der Waals surface area contributed by atoms with Gasteiger partial charge in [-0.25, -0.2) is 0 Å². The molecule has 0 saturated heterocycles. The van der Waals surface area contributed by atoms with Gasteiger partial charge in [-0.15, -0.1) is 0 Å². The molecule has 0 aromatic heterocycles. The van der Waals surface area contributed by atoms with Gasteiger partial charge in [0.05, 0.1) is 34.3 Å². The number of phenols is 1. The van der Waals surface area contributed by atoms with Crippen molar-refractivity contribution >= 4 is 34.6 Å². The molecular weight excluding hydrogens is 391 g/mol. The van der Waals surface area contributed by atoms with Crippen molar-refractivity contribution in [1.82, 2.24) is 0 Å². The Morgan fingerprint density at radius 1 is 1.33 bits per heavy atom. The minimum atomic E-state index is -0.378. The molecule has 0 spiro atoms. The summed E-state index contributed by atoms with van der Waals surface area (Å²) in [6.45, 7) is 0. The number of halogens is 2. The maximum absolute atomic E-state index is 11.6. The molecule has 0 fully saturated rings. The number of benzene rings is 2. The first-order valence-corrected chi connectivity index (χ1v) is 9.14. The van der Waals surface area contributed by atoms with Crippen LogP contribution in [-0.2, 0) is 0 Å². The lowest BCUT2D eigenvalue weighted by Crippen LogP contribution is -2.30. The zero-order chi connectivity index (χ0) is 19.3. The summed E-state index contributed by atoms with van der Waals surface area (Å²) in [4.78, 5) is 11.2. The molecule has 0 amide bonds. The summed E-state index contributed by atoms with van der Waals surface area (Å²) in [6.07, 6.45) is 4.69. The van der Waals surface area contributed by atoms with E-state index in [9.17, 15) is 15.2 Å².